The van der Waals surface area contributed by atoms with Gasteiger partial charge in [0.2, 0.25) is 0 Å². The maximum Gasteiger partial charge on any atom is 0.167 e. The van der Waals surface area contributed by atoms with Crippen LogP contribution in [0.25, 0.3) is 0 Å². The van der Waals surface area contributed by atoms with Crippen molar-refractivity contribution < 1.29 is 4.79 Å². The van der Waals surface area contributed by atoms with Crippen LogP contribution in [-0.4, -0.2) is 5.78 Å². The molecule has 14 heavy (non-hydrogen) atoms. The molecule has 2 heteroatoms. The van der Waals surface area contributed by atoms with Crippen molar-refractivity contribution >= 4 is 17.1 Å². The van der Waals surface area contributed by atoms with Crippen molar-refractivity contribution in [1.82, 2.24) is 0 Å². The highest BCUT2D eigenvalue weighted by Gasteiger charge is 2.19. The Bertz CT molecular complexity index is 321. The number of ketones is 1. The van der Waals surface area contributed by atoms with Gasteiger partial charge in [-0.1, -0.05) is 13.8 Å². The predicted octanol–water partition coefficient (Wildman–Crippen LogP) is 3.98. The van der Waals surface area contributed by atoms with Crippen molar-refractivity contribution in [3.05, 3.63) is 21.4 Å². The molecule has 1 aromatic rings. The van der Waals surface area contributed by atoms with Crippen molar-refractivity contribution in [3.8, 4) is 0 Å². The van der Waals surface area contributed by atoms with Crippen molar-refractivity contribution in [2.45, 2.75) is 40.5 Å². The van der Waals surface area contributed by atoms with Crippen LogP contribution in [0.1, 0.15) is 46.8 Å². The zero-order valence-electron chi connectivity index (χ0n) is 9.39. The number of carbonyl (C=O) groups is 1. The molecule has 0 atom stereocenters. The summed E-state index contributed by atoms with van der Waals surface area (Å²) in [4.78, 5) is 14.4. The second-order valence-corrected chi connectivity index (χ2v) is 5.17. The van der Waals surface area contributed by atoms with Crippen molar-refractivity contribution in [2.24, 2.45) is 5.92 Å². The lowest BCUT2D eigenvalue weighted by Gasteiger charge is -2.09. The number of thiophene rings is 1. The minimum absolute atomic E-state index is 0.211. The van der Waals surface area contributed by atoms with Gasteiger partial charge in [-0.2, -0.15) is 0 Å². The fourth-order valence-electron chi connectivity index (χ4n) is 1.75. The topological polar surface area (TPSA) is 17.1 Å². The second-order valence-electron chi connectivity index (χ2n) is 3.70. The minimum atomic E-state index is 0.211. The smallest absolute Gasteiger partial charge is 0.167 e. The highest BCUT2D eigenvalue weighted by Crippen LogP contribution is 2.25. The van der Waals surface area contributed by atoms with E-state index in [2.05, 4.69) is 20.8 Å². The van der Waals surface area contributed by atoms with E-state index in [1.165, 1.54) is 9.75 Å². The van der Waals surface area contributed by atoms with Gasteiger partial charge in [0.25, 0.3) is 0 Å². The van der Waals surface area contributed by atoms with Crippen LogP contribution < -0.4 is 0 Å². The monoisotopic (exact) mass is 210 g/mol. The predicted molar refractivity (Wildman–Crippen MR) is 62.2 cm³/mol. The van der Waals surface area contributed by atoms with Gasteiger partial charge in [0.1, 0.15) is 0 Å². The lowest BCUT2D eigenvalue weighted by molar-refractivity contribution is 0.0913. The molecule has 0 saturated carbocycles. The van der Waals surface area contributed by atoms with E-state index in [9.17, 15) is 4.79 Å². The van der Waals surface area contributed by atoms with Gasteiger partial charge in [-0.15, -0.1) is 11.3 Å². The highest BCUT2D eigenvalue weighted by atomic mass is 32.1. The maximum atomic E-state index is 12.0. The number of hydrogen-bond acceptors (Lipinski definition) is 2. The molecular weight excluding hydrogens is 192 g/mol. The first-order valence-electron chi connectivity index (χ1n) is 5.21. The summed E-state index contributed by atoms with van der Waals surface area (Å²) in [5, 5.41) is 0. The number of aryl methyl sites for hydroxylation is 2. The van der Waals surface area contributed by atoms with Crippen LogP contribution in [0.5, 0.6) is 0 Å². The lowest BCUT2D eigenvalue weighted by atomic mass is 9.93. The van der Waals surface area contributed by atoms with E-state index in [1.807, 2.05) is 13.0 Å². The quantitative estimate of drug-likeness (QED) is 0.687. The summed E-state index contributed by atoms with van der Waals surface area (Å²) in [7, 11) is 0. The fraction of sp³-hybridized carbons (Fsp3) is 0.583. The van der Waals surface area contributed by atoms with Crippen LogP contribution in [0.3, 0.4) is 0 Å². The summed E-state index contributed by atoms with van der Waals surface area (Å²) in [6.07, 6.45) is 1.90. The van der Waals surface area contributed by atoms with Gasteiger partial charge in [-0.05, 0) is 32.8 Å². The van der Waals surface area contributed by atoms with Gasteiger partial charge in [0.15, 0.2) is 5.78 Å². The SMILES string of the molecule is CCC(CC)C(=O)c1cc(C)sc1C. The number of carbonyl (C=O) groups excluding carboxylic acids is 1. The molecular formula is C12H18OS. The molecule has 1 rings (SSSR count). The van der Waals surface area contributed by atoms with Gasteiger partial charge >= 0.3 is 0 Å². The third kappa shape index (κ3) is 2.24. The average Bonchev–Trinajstić information content (AvgIpc) is 2.47. The van der Waals surface area contributed by atoms with Crippen molar-refractivity contribution in [1.29, 1.82) is 0 Å². The normalized spacial score (nSPS) is 10.9. The molecule has 0 bridgehead atoms. The van der Waals surface area contributed by atoms with Crippen molar-refractivity contribution in [2.75, 3.05) is 0 Å². The van der Waals surface area contributed by atoms with Gasteiger partial charge in [0, 0.05) is 21.2 Å². The molecule has 0 aliphatic carbocycles. The van der Waals surface area contributed by atoms with Gasteiger partial charge in [-0.25, -0.2) is 0 Å². The third-order valence-corrected chi connectivity index (χ3v) is 3.63. The first kappa shape index (κ1) is 11.4. The van der Waals surface area contributed by atoms with Gasteiger partial charge < -0.3 is 0 Å². The molecule has 0 N–H and O–H groups in total. The van der Waals surface area contributed by atoms with E-state index < -0.39 is 0 Å². The summed E-state index contributed by atoms with van der Waals surface area (Å²) in [5.41, 5.74) is 0.946. The Morgan fingerprint density at radius 2 is 1.93 bits per heavy atom. The molecule has 0 radical (unpaired) electrons. The molecule has 0 aliphatic rings. The molecule has 0 unspecified atom stereocenters. The molecule has 78 valence electrons. The Hall–Kier alpha value is -0.630. The van der Waals surface area contributed by atoms with Crippen LogP contribution in [-0.2, 0) is 0 Å². The standard InChI is InChI=1S/C12H18OS/c1-5-10(6-2)12(13)11-7-8(3)14-9(11)4/h7,10H,5-6H2,1-4H3. The molecule has 1 aromatic heterocycles. The average molecular weight is 210 g/mol. The number of hydrogen-bond donors (Lipinski definition) is 0. The van der Waals surface area contributed by atoms with Crippen LogP contribution >= 0.6 is 11.3 Å². The number of Topliss-reactive ketones (excluding diaryl/α,β-unsaturated/α-hetero) is 1. The molecule has 0 amide bonds. The summed E-state index contributed by atoms with van der Waals surface area (Å²) in [5.74, 6) is 0.541. The number of rotatable bonds is 4. The van der Waals surface area contributed by atoms with Crippen LogP contribution in [0.15, 0.2) is 6.07 Å². The zero-order valence-corrected chi connectivity index (χ0v) is 10.2. The first-order chi connectivity index (χ1) is 6.60. The Morgan fingerprint density at radius 1 is 1.36 bits per heavy atom. The Kier molecular flexibility index (Phi) is 3.87. The van der Waals surface area contributed by atoms with Crippen molar-refractivity contribution in [3.63, 3.8) is 0 Å². The molecule has 0 aliphatic heterocycles. The van der Waals surface area contributed by atoms with E-state index in [0.717, 1.165) is 18.4 Å². The molecule has 0 aromatic carbocycles. The van der Waals surface area contributed by atoms with E-state index in [-0.39, 0.29) is 5.92 Å². The van der Waals surface area contributed by atoms with Gasteiger partial charge in [-0.3, -0.25) is 4.79 Å². The first-order valence-corrected chi connectivity index (χ1v) is 6.03. The van der Waals surface area contributed by atoms with E-state index in [1.54, 1.807) is 11.3 Å². The Labute approximate surface area is 90.2 Å². The van der Waals surface area contributed by atoms with E-state index in [0.29, 0.717) is 5.78 Å². The summed E-state index contributed by atoms with van der Waals surface area (Å²) >= 11 is 1.72. The summed E-state index contributed by atoms with van der Waals surface area (Å²) < 4.78 is 0. The van der Waals surface area contributed by atoms with Gasteiger partial charge in [0.05, 0.1) is 0 Å². The van der Waals surface area contributed by atoms with Crippen LogP contribution in [0.4, 0.5) is 0 Å². The molecule has 0 fully saturated rings. The third-order valence-electron chi connectivity index (χ3n) is 2.66. The molecule has 1 heterocycles. The highest BCUT2D eigenvalue weighted by molar-refractivity contribution is 7.12. The second kappa shape index (κ2) is 4.74. The maximum absolute atomic E-state index is 12.0. The fourth-order valence-corrected chi connectivity index (χ4v) is 2.68. The van der Waals surface area contributed by atoms with E-state index in [4.69, 9.17) is 0 Å². The van der Waals surface area contributed by atoms with Crippen LogP contribution in [0, 0.1) is 19.8 Å². The Morgan fingerprint density at radius 3 is 2.29 bits per heavy atom. The lowest BCUT2D eigenvalue weighted by Crippen LogP contribution is -2.12. The Balaban J connectivity index is 2.93. The molecule has 0 spiro atoms. The minimum Gasteiger partial charge on any atom is -0.294 e. The zero-order chi connectivity index (χ0) is 10.7. The summed E-state index contributed by atoms with van der Waals surface area (Å²) in [6.45, 7) is 8.26. The molecule has 0 saturated heterocycles. The van der Waals surface area contributed by atoms with E-state index >= 15 is 0 Å². The largest absolute Gasteiger partial charge is 0.294 e. The molecule has 1 nitrogen and oxygen atoms in total. The summed E-state index contributed by atoms with van der Waals surface area (Å²) in [6, 6.07) is 2.03. The van der Waals surface area contributed by atoms with Crippen LogP contribution in [0.2, 0.25) is 0 Å².